The van der Waals surface area contributed by atoms with Gasteiger partial charge in [-0.2, -0.15) is 0 Å². The highest BCUT2D eigenvalue weighted by atomic mass is 32.1. The van der Waals surface area contributed by atoms with Crippen LogP contribution in [-0.4, -0.2) is 4.98 Å². The van der Waals surface area contributed by atoms with E-state index >= 15 is 0 Å². The molecule has 14 heavy (non-hydrogen) atoms. The Bertz CT molecular complexity index is 236. The van der Waals surface area contributed by atoms with Crippen LogP contribution in [0.3, 0.4) is 0 Å². The number of nitrogens with zero attached hydrogens (tertiary/aromatic N) is 1. The molecule has 1 aromatic heterocycles. The van der Waals surface area contributed by atoms with E-state index in [1.807, 2.05) is 11.7 Å². The lowest BCUT2D eigenvalue weighted by Crippen LogP contribution is -2.28. The molecule has 1 heterocycles. The van der Waals surface area contributed by atoms with Gasteiger partial charge in [-0.3, -0.25) is 16.3 Å². The number of hydrazine groups is 1. The van der Waals surface area contributed by atoms with E-state index in [1.54, 1.807) is 11.3 Å². The van der Waals surface area contributed by atoms with Gasteiger partial charge in [0.05, 0.1) is 11.6 Å². The van der Waals surface area contributed by atoms with Crippen molar-refractivity contribution in [1.82, 2.24) is 10.4 Å². The average molecular weight is 213 g/mol. The number of hydrogen-bond acceptors (Lipinski definition) is 4. The molecule has 1 aromatic rings. The first kappa shape index (κ1) is 11.6. The third kappa shape index (κ3) is 3.36. The normalized spacial score (nSPS) is 15.4. The van der Waals surface area contributed by atoms with Gasteiger partial charge in [0.1, 0.15) is 0 Å². The monoisotopic (exact) mass is 213 g/mol. The lowest BCUT2D eigenvalue weighted by Gasteiger charge is -2.18. The highest BCUT2D eigenvalue weighted by Crippen LogP contribution is 2.25. The standard InChI is InChI=1S/C10H19N3S/c1-3-4-8(2)5-9(13-11)10-6-12-7-14-10/h6-9,13H,3-5,11H2,1-2H3. The van der Waals surface area contributed by atoms with Crippen molar-refractivity contribution in [2.75, 3.05) is 0 Å². The molecule has 0 aliphatic rings. The van der Waals surface area contributed by atoms with Crippen molar-refractivity contribution in [2.24, 2.45) is 11.8 Å². The summed E-state index contributed by atoms with van der Waals surface area (Å²) in [6.45, 7) is 4.49. The summed E-state index contributed by atoms with van der Waals surface area (Å²) in [5.41, 5.74) is 4.72. The van der Waals surface area contributed by atoms with Gasteiger partial charge < -0.3 is 0 Å². The van der Waals surface area contributed by atoms with Crippen molar-refractivity contribution in [1.29, 1.82) is 0 Å². The van der Waals surface area contributed by atoms with Crippen molar-refractivity contribution >= 4 is 11.3 Å². The van der Waals surface area contributed by atoms with Crippen LogP contribution in [0.1, 0.15) is 44.0 Å². The van der Waals surface area contributed by atoms with E-state index in [0.717, 1.165) is 6.42 Å². The summed E-state index contributed by atoms with van der Waals surface area (Å²) >= 11 is 1.66. The second-order valence-electron chi connectivity index (χ2n) is 3.75. The fourth-order valence-corrected chi connectivity index (χ4v) is 2.37. The van der Waals surface area contributed by atoms with Crippen LogP contribution in [0.15, 0.2) is 11.7 Å². The predicted molar refractivity (Wildman–Crippen MR) is 60.9 cm³/mol. The van der Waals surface area contributed by atoms with Crippen molar-refractivity contribution in [2.45, 2.75) is 39.2 Å². The van der Waals surface area contributed by atoms with Gasteiger partial charge in [-0.15, -0.1) is 11.3 Å². The maximum Gasteiger partial charge on any atom is 0.0794 e. The number of rotatable bonds is 6. The van der Waals surface area contributed by atoms with Crippen LogP contribution in [-0.2, 0) is 0 Å². The van der Waals surface area contributed by atoms with Crippen LogP contribution >= 0.6 is 11.3 Å². The van der Waals surface area contributed by atoms with Crippen LogP contribution in [0.5, 0.6) is 0 Å². The third-order valence-corrected chi connectivity index (χ3v) is 3.30. The molecule has 0 fully saturated rings. The van der Waals surface area contributed by atoms with E-state index in [0.29, 0.717) is 5.92 Å². The summed E-state index contributed by atoms with van der Waals surface area (Å²) < 4.78 is 0. The predicted octanol–water partition coefficient (Wildman–Crippen LogP) is 2.47. The van der Waals surface area contributed by atoms with E-state index in [2.05, 4.69) is 24.3 Å². The van der Waals surface area contributed by atoms with Gasteiger partial charge in [0, 0.05) is 11.1 Å². The smallest absolute Gasteiger partial charge is 0.0794 e. The topological polar surface area (TPSA) is 50.9 Å². The molecule has 80 valence electrons. The molecular formula is C10H19N3S. The number of nitrogens with one attached hydrogen (secondary N) is 1. The lowest BCUT2D eigenvalue weighted by molar-refractivity contribution is 0.398. The SMILES string of the molecule is CCCC(C)CC(NN)c1cncs1. The summed E-state index contributed by atoms with van der Waals surface area (Å²) in [5, 5.41) is 0. The Balaban J connectivity index is 2.47. The molecule has 3 nitrogen and oxygen atoms in total. The zero-order valence-electron chi connectivity index (χ0n) is 8.86. The van der Waals surface area contributed by atoms with Gasteiger partial charge in [-0.05, 0) is 12.3 Å². The summed E-state index contributed by atoms with van der Waals surface area (Å²) in [6, 6.07) is 0.268. The Kier molecular flexibility index (Phi) is 5.07. The van der Waals surface area contributed by atoms with Gasteiger partial charge in [0.15, 0.2) is 0 Å². The zero-order valence-corrected chi connectivity index (χ0v) is 9.68. The third-order valence-electron chi connectivity index (χ3n) is 2.42. The molecule has 2 unspecified atom stereocenters. The maximum atomic E-state index is 5.54. The molecule has 0 bridgehead atoms. The van der Waals surface area contributed by atoms with E-state index in [9.17, 15) is 0 Å². The first-order chi connectivity index (χ1) is 6.77. The molecule has 3 N–H and O–H groups in total. The first-order valence-corrected chi connectivity index (χ1v) is 6.00. The van der Waals surface area contributed by atoms with E-state index in [-0.39, 0.29) is 6.04 Å². The zero-order chi connectivity index (χ0) is 10.4. The number of nitrogens with two attached hydrogens (primary N) is 1. The highest BCUT2D eigenvalue weighted by molar-refractivity contribution is 7.09. The largest absolute Gasteiger partial charge is 0.271 e. The molecule has 0 saturated heterocycles. The number of thiazole rings is 1. The molecule has 0 saturated carbocycles. The molecule has 2 atom stereocenters. The molecule has 0 spiro atoms. The summed E-state index contributed by atoms with van der Waals surface area (Å²) in [4.78, 5) is 5.30. The summed E-state index contributed by atoms with van der Waals surface area (Å²) in [5.74, 6) is 6.25. The van der Waals surface area contributed by atoms with Gasteiger partial charge in [-0.1, -0.05) is 26.7 Å². The minimum Gasteiger partial charge on any atom is -0.271 e. The van der Waals surface area contributed by atoms with Crippen molar-refractivity contribution < 1.29 is 0 Å². The van der Waals surface area contributed by atoms with Crippen molar-refractivity contribution in [3.8, 4) is 0 Å². The minimum absolute atomic E-state index is 0.268. The molecule has 0 aliphatic carbocycles. The van der Waals surface area contributed by atoms with Gasteiger partial charge in [0.2, 0.25) is 0 Å². The fourth-order valence-electron chi connectivity index (χ4n) is 1.68. The highest BCUT2D eigenvalue weighted by Gasteiger charge is 2.14. The van der Waals surface area contributed by atoms with E-state index in [1.165, 1.54) is 17.7 Å². The molecule has 0 aliphatic heterocycles. The van der Waals surface area contributed by atoms with Crippen LogP contribution in [0.4, 0.5) is 0 Å². The molecule has 0 radical (unpaired) electrons. The maximum absolute atomic E-state index is 5.54. The molecular weight excluding hydrogens is 194 g/mol. The number of aromatic nitrogens is 1. The first-order valence-electron chi connectivity index (χ1n) is 5.12. The Labute approximate surface area is 89.7 Å². The number of hydrogen-bond donors (Lipinski definition) is 2. The van der Waals surface area contributed by atoms with Gasteiger partial charge >= 0.3 is 0 Å². The lowest BCUT2D eigenvalue weighted by atomic mass is 9.97. The van der Waals surface area contributed by atoms with E-state index in [4.69, 9.17) is 5.84 Å². The molecule has 0 aromatic carbocycles. The van der Waals surface area contributed by atoms with Crippen molar-refractivity contribution in [3.63, 3.8) is 0 Å². The van der Waals surface area contributed by atoms with Gasteiger partial charge in [0.25, 0.3) is 0 Å². The average Bonchev–Trinajstić information content (AvgIpc) is 2.67. The fraction of sp³-hybridized carbons (Fsp3) is 0.700. The van der Waals surface area contributed by atoms with Crippen LogP contribution in [0, 0.1) is 5.92 Å². The van der Waals surface area contributed by atoms with Gasteiger partial charge in [-0.25, -0.2) is 0 Å². The summed E-state index contributed by atoms with van der Waals surface area (Å²) in [7, 11) is 0. The second kappa shape index (κ2) is 6.11. The Morgan fingerprint density at radius 2 is 2.43 bits per heavy atom. The van der Waals surface area contributed by atoms with Crippen molar-refractivity contribution in [3.05, 3.63) is 16.6 Å². The quantitative estimate of drug-likeness (QED) is 0.564. The Morgan fingerprint density at radius 1 is 1.64 bits per heavy atom. The van der Waals surface area contributed by atoms with E-state index < -0.39 is 0 Å². The summed E-state index contributed by atoms with van der Waals surface area (Å²) in [6.07, 6.45) is 5.48. The second-order valence-corrected chi connectivity index (χ2v) is 4.67. The molecule has 4 heteroatoms. The Morgan fingerprint density at radius 3 is 2.93 bits per heavy atom. The minimum atomic E-state index is 0.268. The Hall–Kier alpha value is -0.450. The molecule has 0 amide bonds. The molecule has 1 rings (SSSR count). The van der Waals surface area contributed by atoms with Crippen LogP contribution in [0.2, 0.25) is 0 Å². The van der Waals surface area contributed by atoms with Crippen LogP contribution in [0.25, 0.3) is 0 Å². The van der Waals surface area contributed by atoms with Crippen LogP contribution < -0.4 is 11.3 Å².